The third-order valence-corrected chi connectivity index (χ3v) is 11.6. The summed E-state index contributed by atoms with van der Waals surface area (Å²) in [5, 5.41) is 0. The maximum Gasteiger partial charge on any atom is 0.0152 e. The molecule has 0 fully saturated rings. The van der Waals surface area contributed by atoms with Crippen LogP contribution in [-0.4, -0.2) is 0 Å². The first kappa shape index (κ1) is 36.1. The van der Waals surface area contributed by atoms with E-state index in [0.29, 0.717) is 5.92 Å². The molecule has 0 aliphatic heterocycles. The van der Waals surface area contributed by atoms with Crippen molar-refractivity contribution >= 4 is 0 Å². The van der Waals surface area contributed by atoms with Crippen molar-refractivity contribution in [3.05, 3.63) is 178 Å². The first-order valence-corrected chi connectivity index (χ1v) is 18.9. The summed E-state index contributed by atoms with van der Waals surface area (Å²) in [4.78, 5) is 0. The van der Waals surface area contributed by atoms with Crippen LogP contribution in [-0.2, 0) is 23.7 Å². The summed E-state index contributed by atoms with van der Waals surface area (Å²) in [6.45, 7) is 28.9. The van der Waals surface area contributed by atoms with E-state index in [1.54, 1.807) is 0 Å². The summed E-state index contributed by atoms with van der Waals surface area (Å²) in [6.07, 6.45) is 7.24. The van der Waals surface area contributed by atoms with Crippen LogP contribution in [0.4, 0.5) is 0 Å². The molecule has 0 radical (unpaired) electrons. The molecule has 0 N–H and O–H groups in total. The van der Waals surface area contributed by atoms with E-state index >= 15 is 0 Å². The van der Waals surface area contributed by atoms with E-state index in [4.69, 9.17) is 0 Å². The van der Waals surface area contributed by atoms with Gasteiger partial charge >= 0.3 is 0 Å². The fraction of sp³-hybridized carbons (Fsp3) is 0.294. The van der Waals surface area contributed by atoms with E-state index in [1.807, 2.05) is 12.2 Å². The lowest BCUT2D eigenvalue weighted by Crippen LogP contribution is -2.27. The summed E-state index contributed by atoms with van der Waals surface area (Å²) < 4.78 is 0. The smallest absolute Gasteiger partial charge is 0.0152 e. The highest BCUT2D eigenvalue weighted by molar-refractivity contribution is 5.84. The zero-order chi connectivity index (χ0) is 36.7. The predicted molar refractivity (Wildman–Crippen MR) is 223 cm³/mol. The molecule has 260 valence electrons. The minimum atomic E-state index is -0.129. The minimum Gasteiger partial charge on any atom is -0.0988 e. The maximum absolute atomic E-state index is 4.18. The number of fused-ring (bicyclic) bond motifs is 4. The number of hydrogen-bond donors (Lipinski definition) is 0. The molecular weight excluding hydrogens is 613 g/mol. The Morgan fingerprint density at radius 1 is 0.686 bits per heavy atom. The van der Waals surface area contributed by atoms with E-state index in [-0.39, 0.29) is 10.8 Å². The van der Waals surface area contributed by atoms with Crippen LogP contribution in [0.2, 0.25) is 0 Å². The van der Waals surface area contributed by atoms with E-state index in [2.05, 4.69) is 173 Å². The molecule has 1 atom stereocenters. The van der Waals surface area contributed by atoms with Gasteiger partial charge in [-0.3, -0.25) is 0 Å². The lowest BCUT2D eigenvalue weighted by atomic mass is 9.67. The highest BCUT2D eigenvalue weighted by Crippen LogP contribution is 2.48. The Morgan fingerprint density at radius 2 is 1.29 bits per heavy atom. The van der Waals surface area contributed by atoms with Crippen LogP contribution in [0, 0.1) is 13.8 Å². The molecule has 0 spiro atoms. The van der Waals surface area contributed by atoms with Gasteiger partial charge < -0.3 is 0 Å². The van der Waals surface area contributed by atoms with Crippen molar-refractivity contribution in [2.45, 2.75) is 98.3 Å². The van der Waals surface area contributed by atoms with Gasteiger partial charge in [0.2, 0.25) is 0 Å². The van der Waals surface area contributed by atoms with Gasteiger partial charge in [-0.25, -0.2) is 0 Å². The third kappa shape index (κ3) is 6.29. The molecule has 2 aliphatic rings. The van der Waals surface area contributed by atoms with Gasteiger partial charge in [-0.1, -0.05) is 165 Å². The Hall–Kier alpha value is -4.68. The Kier molecular flexibility index (Phi) is 10.0. The predicted octanol–water partition coefficient (Wildman–Crippen LogP) is 14.2. The SMILES string of the molecule is C=CC1=C(C=C)C(C)(C)c2cccc(-c3cc(-c4ccc5c(c4)-c4cccc(C(C)(C)c6ccccc6C)c4CC5C)ccc3C)c2C1.CCC. The summed E-state index contributed by atoms with van der Waals surface area (Å²) in [5.74, 6) is 0.454. The molecule has 0 nitrogen and oxygen atoms in total. The topological polar surface area (TPSA) is 0 Å². The second kappa shape index (κ2) is 14.1. The summed E-state index contributed by atoms with van der Waals surface area (Å²) in [5.41, 5.74) is 21.5. The number of benzene rings is 5. The molecule has 0 aromatic heterocycles. The fourth-order valence-electron chi connectivity index (χ4n) is 8.99. The average Bonchev–Trinajstić information content (AvgIpc) is 3.11. The van der Waals surface area contributed by atoms with Crippen LogP contribution in [0.5, 0.6) is 0 Å². The number of hydrogen-bond acceptors (Lipinski definition) is 0. The largest absolute Gasteiger partial charge is 0.0988 e. The van der Waals surface area contributed by atoms with Gasteiger partial charge in [0.25, 0.3) is 0 Å². The van der Waals surface area contributed by atoms with Crippen molar-refractivity contribution in [2.24, 2.45) is 0 Å². The van der Waals surface area contributed by atoms with E-state index in [9.17, 15) is 0 Å². The average molecular weight is 669 g/mol. The molecule has 1 unspecified atom stereocenters. The van der Waals surface area contributed by atoms with Crippen LogP contribution in [0.3, 0.4) is 0 Å². The molecule has 51 heavy (non-hydrogen) atoms. The molecule has 0 amide bonds. The van der Waals surface area contributed by atoms with Crippen molar-refractivity contribution in [1.29, 1.82) is 0 Å². The van der Waals surface area contributed by atoms with Crippen molar-refractivity contribution in [3.8, 4) is 33.4 Å². The fourth-order valence-corrected chi connectivity index (χ4v) is 8.99. The van der Waals surface area contributed by atoms with E-state index in [1.165, 1.54) is 95.5 Å². The highest BCUT2D eigenvalue weighted by atomic mass is 14.4. The normalized spacial score (nSPS) is 15.9. The highest BCUT2D eigenvalue weighted by Gasteiger charge is 2.34. The van der Waals surface area contributed by atoms with Gasteiger partial charge in [0, 0.05) is 10.8 Å². The number of rotatable bonds is 6. The minimum absolute atomic E-state index is 0.0894. The molecule has 0 heteroatoms. The molecule has 7 rings (SSSR count). The van der Waals surface area contributed by atoms with Gasteiger partial charge in [-0.15, -0.1) is 0 Å². The Labute approximate surface area is 308 Å². The van der Waals surface area contributed by atoms with Crippen molar-refractivity contribution < 1.29 is 0 Å². The summed E-state index contributed by atoms with van der Waals surface area (Å²) in [7, 11) is 0. The van der Waals surface area contributed by atoms with Crippen LogP contribution in [0.25, 0.3) is 33.4 Å². The second-order valence-corrected chi connectivity index (χ2v) is 15.9. The molecular formula is C51H56. The first-order chi connectivity index (χ1) is 24.4. The molecule has 0 heterocycles. The van der Waals surface area contributed by atoms with Crippen molar-refractivity contribution in [1.82, 2.24) is 0 Å². The number of aryl methyl sites for hydroxylation is 2. The monoisotopic (exact) mass is 668 g/mol. The maximum atomic E-state index is 4.18. The molecule has 5 aromatic rings. The van der Waals surface area contributed by atoms with Gasteiger partial charge in [-0.05, 0) is 134 Å². The Bertz CT molecular complexity index is 2160. The first-order valence-electron chi connectivity index (χ1n) is 18.9. The van der Waals surface area contributed by atoms with Crippen LogP contribution in [0.1, 0.15) is 105 Å². The van der Waals surface area contributed by atoms with E-state index in [0.717, 1.165) is 12.8 Å². The van der Waals surface area contributed by atoms with Gasteiger partial charge in [0.05, 0.1) is 0 Å². The zero-order valence-corrected chi connectivity index (χ0v) is 32.5. The molecule has 0 saturated carbocycles. The van der Waals surface area contributed by atoms with Crippen LogP contribution < -0.4 is 0 Å². The molecule has 0 saturated heterocycles. The second-order valence-electron chi connectivity index (χ2n) is 15.9. The van der Waals surface area contributed by atoms with Crippen molar-refractivity contribution in [3.63, 3.8) is 0 Å². The third-order valence-electron chi connectivity index (χ3n) is 11.6. The van der Waals surface area contributed by atoms with Gasteiger partial charge in [0.1, 0.15) is 0 Å². The van der Waals surface area contributed by atoms with Gasteiger partial charge in [0.15, 0.2) is 0 Å². The van der Waals surface area contributed by atoms with Gasteiger partial charge in [-0.2, -0.15) is 0 Å². The number of allylic oxidation sites excluding steroid dienone is 4. The van der Waals surface area contributed by atoms with Crippen LogP contribution >= 0.6 is 0 Å². The molecule has 2 aliphatic carbocycles. The quantitative estimate of drug-likeness (QED) is 0.169. The Balaban J connectivity index is 0.00000144. The lowest BCUT2D eigenvalue weighted by Gasteiger charge is -2.37. The standard InChI is InChI=1S/C48H48.C3H8/c1-10-33-27-42-37(17-14-21-46(42)47(6,7)43(33)11-2)39-28-34(23-22-30(39)3)35-24-25-36-32(5)26-41-38(40(36)29-35)18-15-20-45(41)48(8,9)44-19-13-12-16-31(44)4;1-3-2/h10-25,28-29,32H,1-2,26-27H2,3-9H3;3H2,1-2H3. The summed E-state index contributed by atoms with van der Waals surface area (Å²) >= 11 is 0. The Morgan fingerprint density at radius 3 is 1.96 bits per heavy atom. The summed E-state index contributed by atoms with van der Waals surface area (Å²) in [6, 6.07) is 36.9. The molecule has 0 bridgehead atoms. The van der Waals surface area contributed by atoms with Crippen LogP contribution in [0.15, 0.2) is 134 Å². The molecule has 5 aromatic carbocycles. The zero-order valence-electron chi connectivity index (χ0n) is 32.5. The van der Waals surface area contributed by atoms with Crippen molar-refractivity contribution in [2.75, 3.05) is 0 Å². The van der Waals surface area contributed by atoms with E-state index < -0.39 is 0 Å². The lowest BCUT2D eigenvalue weighted by molar-refractivity contribution is 0.611.